The molecule has 0 radical (unpaired) electrons. The van der Waals surface area contributed by atoms with Crippen LogP contribution in [0.3, 0.4) is 0 Å². The van der Waals surface area contributed by atoms with E-state index >= 15 is 0 Å². The number of hydrogen-bond acceptors (Lipinski definition) is 5. The van der Waals surface area contributed by atoms with Gasteiger partial charge in [-0.3, -0.25) is 9.59 Å². The van der Waals surface area contributed by atoms with Crippen LogP contribution < -0.4 is 20.1 Å². The highest BCUT2D eigenvalue weighted by Crippen LogP contribution is 2.19. The molecular formula is C27H25N3O4. The summed E-state index contributed by atoms with van der Waals surface area (Å²) in [6.07, 6.45) is 1.46. The molecule has 0 spiro atoms. The van der Waals surface area contributed by atoms with Crippen molar-refractivity contribution in [3.63, 3.8) is 0 Å². The van der Waals surface area contributed by atoms with Gasteiger partial charge in [-0.25, -0.2) is 0 Å². The second kappa shape index (κ2) is 11.3. The molecule has 172 valence electrons. The van der Waals surface area contributed by atoms with Gasteiger partial charge < -0.3 is 20.1 Å². The number of carbonyl (C=O) groups excluding carboxylic acids is 2. The molecule has 0 aliphatic heterocycles. The van der Waals surface area contributed by atoms with Gasteiger partial charge in [-0.2, -0.15) is 5.26 Å². The van der Waals surface area contributed by atoms with E-state index in [4.69, 9.17) is 9.47 Å². The monoisotopic (exact) mass is 455 g/mol. The van der Waals surface area contributed by atoms with Crippen LogP contribution in [-0.2, 0) is 9.59 Å². The van der Waals surface area contributed by atoms with E-state index in [1.165, 1.54) is 6.08 Å². The summed E-state index contributed by atoms with van der Waals surface area (Å²) in [5, 5.41) is 15.0. The first-order valence-electron chi connectivity index (χ1n) is 10.5. The average molecular weight is 456 g/mol. The van der Waals surface area contributed by atoms with Crippen LogP contribution in [0, 0.1) is 25.2 Å². The number of nitriles is 1. The van der Waals surface area contributed by atoms with Crippen molar-refractivity contribution in [2.24, 2.45) is 0 Å². The number of methoxy groups -OCH3 is 1. The Morgan fingerprint density at radius 1 is 0.971 bits per heavy atom. The number of ether oxygens (including phenoxy) is 2. The van der Waals surface area contributed by atoms with Crippen LogP contribution in [0.2, 0.25) is 0 Å². The van der Waals surface area contributed by atoms with Gasteiger partial charge in [0.25, 0.3) is 11.8 Å². The van der Waals surface area contributed by atoms with Crippen molar-refractivity contribution in [1.29, 1.82) is 5.26 Å². The van der Waals surface area contributed by atoms with Gasteiger partial charge in [-0.05, 0) is 73.5 Å². The van der Waals surface area contributed by atoms with Gasteiger partial charge >= 0.3 is 0 Å². The molecule has 34 heavy (non-hydrogen) atoms. The zero-order valence-corrected chi connectivity index (χ0v) is 19.2. The second-order valence-electron chi connectivity index (χ2n) is 7.58. The zero-order valence-electron chi connectivity index (χ0n) is 19.2. The van der Waals surface area contributed by atoms with Gasteiger partial charge in [-0.15, -0.1) is 0 Å². The van der Waals surface area contributed by atoms with Crippen LogP contribution in [0.4, 0.5) is 11.4 Å². The Hall–Kier alpha value is -4.57. The molecule has 0 aromatic heterocycles. The molecule has 0 aliphatic rings. The van der Waals surface area contributed by atoms with Crippen molar-refractivity contribution in [1.82, 2.24) is 0 Å². The lowest BCUT2D eigenvalue weighted by Gasteiger charge is -2.10. The van der Waals surface area contributed by atoms with Crippen LogP contribution >= 0.6 is 0 Å². The molecule has 0 bridgehead atoms. The van der Waals surface area contributed by atoms with Crippen LogP contribution in [0.25, 0.3) is 6.08 Å². The minimum Gasteiger partial charge on any atom is -0.497 e. The maximum Gasteiger partial charge on any atom is 0.266 e. The SMILES string of the molecule is COc1ccc(NC(=O)/C(C#N)=C\c2cccc(OCC(=O)Nc3ccc(C)cc3C)c2)cc1. The lowest BCUT2D eigenvalue weighted by molar-refractivity contribution is -0.118. The zero-order chi connectivity index (χ0) is 24.5. The Bertz CT molecular complexity index is 1260. The fourth-order valence-electron chi connectivity index (χ4n) is 3.17. The topological polar surface area (TPSA) is 100 Å². The molecule has 0 fully saturated rings. The van der Waals surface area contributed by atoms with Gasteiger partial charge in [0.15, 0.2) is 6.61 Å². The number of hydrogen-bond donors (Lipinski definition) is 2. The Morgan fingerprint density at radius 2 is 1.74 bits per heavy atom. The maximum absolute atomic E-state index is 12.5. The van der Waals surface area contributed by atoms with Crippen LogP contribution in [0.15, 0.2) is 72.3 Å². The fourth-order valence-corrected chi connectivity index (χ4v) is 3.17. The summed E-state index contributed by atoms with van der Waals surface area (Å²) in [6.45, 7) is 3.74. The number of amides is 2. The summed E-state index contributed by atoms with van der Waals surface area (Å²) < 4.78 is 10.7. The summed E-state index contributed by atoms with van der Waals surface area (Å²) >= 11 is 0. The van der Waals surface area contributed by atoms with Crippen molar-refractivity contribution < 1.29 is 19.1 Å². The first kappa shape index (κ1) is 24.1. The molecule has 0 atom stereocenters. The van der Waals surface area contributed by atoms with Crippen molar-refractivity contribution >= 4 is 29.3 Å². The molecule has 3 aromatic rings. The van der Waals surface area contributed by atoms with Crippen molar-refractivity contribution in [2.75, 3.05) is 24.4 Å². The Balaban J connectivity index is 1.62. The molecule has 2 amide bonds. The third kappa shape index (κ3) is 6.71. The molecule has 0 unspecified atom stereocenters. The van der Waals surface area contributed by atoms with Crippen molar-refractivity contribution in [3.8, 4) is 17.6 Å². The molecule has 7 heteroatoms. The predicted octanol–water partition coefficient (Wildman–Crippen LogP) is 4.88. The first-order valence-corrected chi connectivity index (χ1v) is 10.5. The van der Waals surface area contributed by atoms with E-state index in [0.717, 1.165) is 16.8 Å². The highest BCUT2D eigenvalue weighted by molar-refractivity contribution is 6.09. The summed E-state index contributed by atoms with van der Waals surface area (Å²) in [4.78, 5) is 24.8. The Labute approximate surface area is 198 Å². The van der Waals surface area contributed by atoms with Gasteiger partial charge in [0, 0.05) is 11.4 Å². The van der Waals surface area contributed by atoms with E-state index < -0.39 is 5.91 Å². The minimum atomic E-state index is -0.535. The number of nitrogens with zero attached hydrogens (tertiary/aromatic N) is 1. The number of rotatable bonds is 8. The fraction of sp³-hybridized carbons (Fsp3) is 0.148. The number of benzene rings is 3. The second-order valence-corrected chi connectivity index (χ2v) is 7.58. The molecule has 3 aromatic carbocycles. The largest absolute Gasteiger partial charge is 0.497 e. The molecular weight excluding hydrogens is 430 g/mol. The highest BCUT2D eigenvalue weighted by Gasteiger charge is 2.11. The van der Waals surface area contributed by atoms with Crippen molar-refractivity contribution in [2.45, 2.75) is 13.8 Å². The molecule has 7 nitrogen and oxygen atoms in total. The van der Waals surface area contributed by atoms with E-state index in [9.17, 15) is 14.9 Å². The molecule has 3 rings (SSSR count). The molecule has 0 saturated heterocycles. The third-order valence-corrected chi connectivity index (χ3v) is 4.91. The number of carbonyl (C=O) groups is 2. The maximum atomic E-state index is 12.5. The van der Waals surface area contributed by atoms with Gasteiger partial charge in [0.05, 0.1) is 7.11 Å². The quantitative estimate of drug-likeness (QED) is 0.373. The molecule has 0 aliphatic carbocycles. The van der Waals surface area contributed by atoms with E-state index in [2.05, 4.69) is 10.6 Å². The lowest BCUT2D eigenvalue weighted by atomic mass is 10.1. The van der Waals surface area contributed by atoms with E-state index in [1.807, 2.05) is 38.1 Å². The first-order chi connectivity index (χ1) is 16.4. The summed E-state index contributed by atoms with van der Waals surface area (Å²) in [7, 11) is 1.55. The predicted molar refractivity (Wildman–Crippen MR) is 132 cm³/mol. The number of anilines is 2. The van der Waals surface area contributed by atoms with Crippen LogP contribution in [0.5, 0.6) is 11.5 Å². The summed E-state index contributed by atoms with van der Waals surface area (Å²) in [5.74, 6) is 0.280. The average Bonchev–Trinajstić information content (AvgIpc) is 2.83. The minimum absolute atomic E-state index is 0.0689. The summed E-state index contributed by atoms with van der Waals surface area (Å²) in [5.41, 5.74) is 3.88. The lowest BCUT2D eigenvalue weighted by Crippen LogP contribution is -2.20. The van der Waals surface area contributed by atoms with E-state index in [0.29, 0.717) is 22.7 Å². The van der Waals surface area contributed by atoms with Gasteiger partial charge in [0.1, 0.15) is 23.1 Å². The van der Waals surface area contributed by atoms with Gasteiger partial charge in [-0.1, -0.05) is 29.8 Å². The smallest absolute Gasteiger partial charge is 0.266 e. The number of aryl methyl sites for hydroxylation is 2. The van der Waals surface area contributed by atoms with Gasteiger partial charge in [0.2, 0.25) is 0 Å². The summed E-state index contributed by atoms with van der Waals surface area (Å²) in [6, 6.07) is 21.3. The standard InChI is InChI=1S/C27H25N3O4/c1-18-7-12-25(19(2)13-18)30-26(31)17-34-24-6-4-5-20(15-24)14-21(16-28)27(32)29-22-8-10-23(33-3)11-9-22/h4-15H,17H2,1-3H3,(H,29,32)(H,30,31)/b21-14-. The van der Waals surface area contributed by atoms with E-state index in [-0.39, 0.29) is 18.1 Å². The van der Waals surface area contributed by atoms with Crippen LogP contribution in [-0.4, -0.2) is 25.5 Å². The van der Waals surface area contributed by atoms with Crippen molar-refractivity contribution in [3.05, 3.63) is 89.0 Å². The third-order valence-electron chi connectivity index (χ3n) is 4.91. The van der Waals surface area contributed by atoms with Crippen LogP contribution in [0.1, 0.15) is 16.7 Å². The molecule has 0 heterocycles. The Kier molecular flexibility index (Phi) is 8.03. The van der Waals surface area contributed by atoms with E-state index in [1.54, 1.807) is 55.6 Å². The molecule has 2 N–H and O–H groups in total. The normalized spacial score (nSPS) is 10.7. The number of nitrogens with one attached hydrogen (secondary N) is 2. The highest BCUT2D eigenvalue weighted by atomic mass is 16.5. The molecule has 0 saturated carbocycles. The Morgan fingerprint density at radius 3 is 2.41 bits per heavy atom.